The van der Waals surface area contributed by atoms with Crippen LogP contribution in [0.2, 0.25) is 0 Å². The average molecular weight is 593 g/mol. The lowest BCUT2D eigenvalue weighted by Crippen LogP contribution is -2.25. The van der Waals surface area contributed by atoms with Crippen molar-refractivity contribution in [2.75, 3.05) is 23.7 Å². The number of amides is 5. The Labute approximate surface area is 252 Å². The van der Waals surface area contributed by atoms with Crippen LogP contribution in [0.25, 0.3) is 17.3 Å². The number of hydrogen-bond acceptors (Lipinski definition) is 7. The summed E-state index contributed by atoms with van der Waals surface area (Å²) in [5, 5.41) is 22.3. The van der Waals surface area contributed by atoms with Crippen molar-refractivity contribution in [3.8, 4) is 0 Å². The summed E-state index contributed by atoms with van der Waals surface area (Å²) < 4.78 is 0. The zero-order valence-corrected chi connectivity index (χ0v) is 23.5. The Morgan fingerprint density at radius 1 is 0.932 bits per heavy atom. The van der Waals surface area contributed by atoms with E-state index in [1.54, 1.807) is 30.3 Å². The summed E-state index contributed by atoms with van der Waals surface area (Å²) in [4.78, 5) is 61.4. The Kier molecular flexibility index (Phi) is 7.63. The molecule has 3 aliphatic heterocycles. The number of nitrogens with zero attached hydrogens (tertiary/aromatic N) is 2. The summed E-state index contributed by atoms with van der Waals surface area (Å²) in [5.74, 6) is -0.706. The number of aryl methyl sites for hydroxylation is 1. The maximum atomic E-state index is 13.3. The number of carbonyl (C=O) groups is 4. The van der Waals surface area contributed by atoms with Crippen LogP contribution in [0.3, 0.4) is 0 Å². The van der Waals surface area contributed by atoms with E-state index in [9.17, 15) is 29.3 Å². The van der Waals surface area contributed by atoms with Crippen molar-refractivity contribution in [2.45, 2.75) is 25.7 Å². The molecule has 0 spiro atoms. The van der Waals surface area contributed by atoms with Gasteiger partial charge in [0.25, 0.3) is 17.5 Å². The van der Waals surface area contributed by atoms with E-state index in [1.807, 2.05) is 29.2 Å². The van der Waals surface area contributed by atoms with Gasteiger partial charge in [-0.3, -0.25) is 29.8 Å². The van der Waals surface area contributed by atoms with Crippen LogP contribution in [0.5, 0.6) is 0 Å². The molecule has 4 N–H and O–H groups in total. The third kappa shape index (κ3) is 5.91. The second-order valence-electron chi connectivity index (χ2n) is 10.7. The van der Waals surface area contributed by atoms with E-state index in [4.69, 9.17) is 0 Å². The first-order chi connectivity index (χ1) is 21.2. The molecule has 6 rings (SSSR count). The monoisotopic (exact) mass is 592 g/mol. The Hall–Kier alpha value is -5.78. The topological polar surface area (TPSA) is 163 Å². The zero-order chi connectivity index (χ0) is 30.8. The number of nitro benzene ring substituents is 1. The second-order valence-corrected chi connectivity index (χ2v) is 10.7. The molecule has 3 heterocycles. The minimum atomic E-state index is -0.584. The number of non-ortho nitro benzene ring substituents is 1. The van der Waals surface area contributed by atoms with Gasteiger partial charge >= 0.3 is 6.03 Å². The van der Waals surface area contributed by atoms with Gasteiger partial charge in [0.15, 0.2) is 0 Å². The minimum Gasteiger partial charge on any atom is -0.354 e. The third-order valence-corrected chi connectivity index (χ3v) is 7.73. The Balaban J connectivity index is 1.30. The number of anilines is 2. The van der Waals surface area contributed by atoms with E-state index in [0.29, 0.717) is 40.2 Å². The number of carbonyl (C=O) groups excluding carboxylic acids is 4. The Bertz CT molecular complexity index is 1760. The minimum absolute atomic E-state index is 0.131. The summed E-state index contributed by atoms with van der Waals surface area (Å²) in [6, 6.07) is 18.4. The fourth-order valence-electron chi connectivity index (χ4n) is 5.50. The molecule has 2 saturated heterocycles. The van der Waals surface area contributed by atoms with E-state index in [1.165, 1.54) is 18.2 Å². The maximum Gasteiger partial charge on any atom is 0.326 e. The highest BCUT2D eigenvalue weighted by molar-refractivity contribution is 6.37. The normalized spacial score (nSPS) is 17.8. The van der Waals surface area contributed by atoms with E-state index in [0.717, 1.165) is 37.9 Å². The SMILES string of the molecule is O=C1NC(=O)C(=Cc2ccc(NC(=C3C(=O)Nc4ccc([N+](=O)[O-])cc43)c3ccc(CCCN4CCCC4=O)cc3)cc2)N1. The van der Waals surface area contributed by atoms with Gasteiger partial charge in [0.1, 0.15) is 5.70 Å². The van der Waals surface area contributed by atoms with Crippen LogP contribution in [0.4, 0.5) is 21.9 Å². The molecule has 5 amide bonds. The van der Waals surface area contributed by atoms with Gasteiger partial charge in [-0.05, 0) is 60.2 Å². The van der Waals surface area contributed by atoms with E-state index in [2.05, 4.69) is 21.3 Å². The van der Waals surface area contributed by atoms with Crippen LogP contribution in [0, 0.1) is 10.1 Å². The number of likely N-dealkylation sites (tertiary alicyclic amines) is 1. The predicted octanol–water partition coefficient (Wildman–Crippen LogP) is 4.26. The molecule has 44 heavy (non-hydrogen) atoms. The molecular weight excluding hydrogens is 564 g/mol. The molecule has 222 valence electrons. The number of urea groups is 1. The van der Waals surface area contributed by atoms with Gasteiger partial charge in [-0.25, -0.2) is 4.79 Å². The molecule has 0 unspecified atom stereocenters. The zero-order valence-electron chi connectivity index (χ0n) is 23.5. The molecule has 3 aromatic rings. The van der Waals surface area contributed by atoms with Gasteiger partial charge in [-0.2, -0.15) is 0 Å². The average Bonchev–Trinajstić information content (AvgIpc) is 3.67. The highest BCUT2D eigenvalue weighted by atomic mass is 16.6. The maximum absolute atomic E-state index is 13.3. The van der Waals surface area contributed by atoms with Gasteiger partial charge in [-0.1, -0.05) is 36.4 Å². The lowest BCUT2D eigenvalue weighted by molar-refractivity contribution is -0.384. The van der Waals surface area contributed by atoms with Crippen molar-refractivity contribution < 1.29 is 24.1 Å². The summed E-state index contributed by atoms with van der Waals surface area (Å²) in [7, 11) is 0. The third-order valence-electron chi connectivity index (χ3n) is 7.73. The van der Waals surface area contributed by atoms with Gasteiger partial charge in [-0.15, -0.1) is 0 Å². The molecule has 2 fully saturated rings. The molecule has 3 aliphatic rings. The first kappa shape index (κ1) is 28.3. The molecule has 12 nitrogen and oxygen atoms in total. The first-order valence-electron chi connectivity index (χ1n) is 14.2. The molecule has 0 saturated carbocycles. The highest BCUT2D eigenvalue weighted by Gasteiger charge is 2.30. The number of rotatable bonds is 9. The van der Waals surface area contributed by atoms with Crippen LogP contribution in [0.15, 0.2) is 72.4 Å². The summed E-state index contributed by atoms with van der Waals surface area (Å²) in [6.45, 7) is 1.53. The number of fused-ring (bicyclic) bond motifs is 1. The summed E-state index contributed by atoms with van der Waals surface area (Å²) in [5.41, 5.74) is 4.68. The van der Waals surface area contributed by atoms with Crippen molar-refractivity contribution in [3.63, 3.8) is 0 Å². The lowest BCUT2D eigenvalue weighted by Gasteiger charge is -2.16. The van der Waals surface area contributed by atoms with E-state index >= 15 is 0 Å². The van der Waals surface area contributed by atoms with Gasteiger partial charge in [0.05, 0.1) is 16.2 Å². The second kappa shape index (κ2) is 11.8. The summed E-state index contributed by atoms with van der Waals surface area (Å²) >= 11 is 0. The van der Waals surface area contributed by atoms with E-state index in [-0.39, 0.29) is 22.9 Å². The molecule has 0 aromatic heterocycles. The number of hydrogen-bond donors (Lipinski definition) is 4. The standard InChI is InChI=1S/C32H28N6O6/c39-27-4-2-16-37(27)15-1-3-19-5-9-21(10-6-19)29(28-24-18-23(38(43)44)13-14-25(24)34-31(28)41)33-22-11-7-20(8-12-22)17-26-30(40)36-32(42)35-26/h5-14,17-18,33H,1-4,15-16H2,(H,34,41)(H2,35,36,40,42). The molecular formula is C32H28N6O6. The van der Waals surface area contributed by atoms with Crippen LogP contribution in [0.1, 0.15) is 41.5 Å². The number of benzene rings is 3. The van der Waals surface area contributed by atoms with Crippen LogP contribution in [-0.2, 0) is 20.8 Å². The molecule has 0 bridgehead atoms. The van der Waals surface area contributed by atoms with Gasteiger partial charge in [0, 0.05) is 48.6 Å². The van der Waals surface area contributed by atoms with Crippen LogP contribution in [-0.4, -0.2) is 46.7 Å². The molecule has 0 radical (unpaired) electrons. The largest absolute Gasteiger partial charge is 0.354 e. The van der Waals surface area contributed by atoms with Crippen molar-refractivity contribution in [1.82, 2.24) is 15.5 Å². The fourth-order valence-corrected chi connectivity index (χ4v) is 5.50. The fraction of sp³-hybridized carbons (Fsp3) is 0.188. The predicted molar refractivity (Wildman–Crippen MR) is 164 cm³/mol. The van der Waals surface area contributed by atoms with Crippen LogP contribution < -0.4 is 21.3 Å². The Morgan fingerprint density at radius 3 is 2.36 bits per heavy atom. The van der Waals surface area contributed by atoms with Gasteiger partial charge in [0.2, 0.25) is 5.91 Å². The van der Waals surface area contributed by atoms with Crippen LogP contribution >= 0.6 is 0 Å². The lowest BCUT2D eigenvalue weighted by atomic mass is 9.98. The first-order valence-corrected chi connectivity index (χ1v) is 14.2. The Morgan fingerprint density at radius 2 is 1.70 bits per heavy atom. The van der Waals surface area contributed by atoms with Crippen molar-refractivity contribution in [3.05, 3.63) is 105 Å². The van der Waals surface area contributed by atoms with Crippen molar-refractivity contribution in [1.29, 1.82) is 0 Å². The van der Waals surface area contributed by atoms with E-state index < -0.39 is 22.8 Å². The molecule has 0 aliphatic carbocycles. The molecule has 12 heteroatoms. The molecule has 0 atom stereocenters. The van der Waals surface area contributed by atoms with Crippen molar-refractivity contribution in [2.24, 2.45) is 0 Å². The number of imide groups is 1. The molecule has 3 aromatic carbocycles. The van der Waals surface area contributed by atoms with Gasteiger partial charge < -0.3 is 20.9 Å². The smallest absolute Gasteiger partial charge is 0.326 e. The van der Waals surface area contributed by atoms with Crippen molar-refractivity contribution >= 4 is 58.2 Å². The highest BCUT2D eigenvalue weighted by Crippen LogP contribution is 2.39. The number of nitro groups is 1. The number of nitrogens with one attached hydrogen (secondary N) is 4. The quantitative estimate of drug-likeness (QED) is 0.125. The summed E-state index contributed by atoms with van der Waals surface area (Å²) in [6.07, 6.45) is 4.70.